The number of hydrogen-bond donors (Lipinski definition) is 0. The summed E-state index contributed by atoms with van der Waals surface area (Å²) in [6.45, 7) is 3.13. The number of allylic oxidation sites excluding steroid dienone is 1. The van der Waals surface area contributed by atoms with Crippen molar-refractivity contribution >= 4 is 10.1 Å². The molecule has 102 valence electrons. The summed E-state index contributed by atoms with van der Waals surface area (Å²) in [5.41, 5.74) is 0.134. The topological polar surface area (TPSA) is 43.4 Å². The fourth-order valence-electron chi connectivity index (χ4n) is 1.21. The van der Waals surface area contributed by atoms with Gasteiger partial charge in [-0.05, 0) is 38.7 Å². The Bertz CT molecular complexity index is 333. The van der Waals surface area contributed by atoms with E-state index < -0.39 is 16.2 Å². The van der Waals surface area contributed by atoms with Crippen molar-refractivity contribution in [3.05, 3.63) is 11.7 Å². The summed E-state index contributed by atoms with van der Waals surface area (Å²) in [5, 5.41) is 0. The van der Waals surface area contributed by atoms with E-state index in [9.17, 15) is 17.2 Å². The molecule has 0 aliphatic rings. The van der Waals surface area contributed by atoms with Crippen molar-refractivity contribution in [1.29, 1.82) is 0 Å². The molecule has 0 rings (SSSR count). The monoisotopic (exact) mass is 270 g/mol. The van der Waals surface area contributed by atoms with Gasteiger partial charge in [-0.1, -0.05) is 12.8 Å². The average molecular weight is 270 g/mol. The highest BCUT2D eigenvalue weighted by atomic mass is 32.2. The van der Waals surface area contributed by atoms with Gasteiger partial charge >= 0.3 is 0 Å². The standard InChI is InChI=1S/C11H20F2O3S/c1-3-17(14,15)16-9-7-5-4-6-8-10(2)11(12)13/h3-9H2,1-2H3. The van der Waals surface area contributed by atoms with Gasteiger partial charge in [0.15, 0.2) is 0 Å². The van der Waals surface area contributed by atoms with Crippen LogP contribution in [0, 0.1) is 0 Å². The minimum atomic E-state index is -3.34. The Balaban J connectivity index is 3.46. The molecule has 0 saturated carbocycles. The van der Waals surface area contributed by atoms with Crippen LogP contribution >= 0.6 is 0 Å². The van der Waals surface area contributed by atoms with Gasteiger partial charge in [-0.3, -0.25) is 4.18 Å². The molecule has 6 heteroatoms. The highest BCUT2D eigenvalue weighted by Crippen LogP contribution is 2.15. The first-order valence-electron chi connectivity index (χ1n) is 5.77. The highest BCUT2D eigenvalue weighted by molar-refractivity contribution is 7.86. The second-order valence-corrected chi connectivity index (χ2v) is 5.80. The van der Waals surface area contributed by atoms with Crippen molar-refractivity contribution in [3.8, 4) is 0 Å². The van der Waals surface area contributed by atoms with Gasteiger partial charge in [0.1, 0.15) is 0 Å². The summed E-state index contributed by atoms with van der Waals surface area (Å²) < 4.78 is 50.6. The molecule has 3 nitrogen and oxygen atoms in total. The van der Waals surface area contributed by atoms with Crippen molar-refractivity contribution in [3.63, 3.8) is 0 Å². The van der Waals surface area contributed by atoms with Crippen LogP contribution < -0.4 is 0 Å². The summed E-state index contributed by atoms with van der Waals surface area (Å²) in [5.74, 6) is -0.0211. The van der Waals surface area contributed by atoms with Crippen LogP contribution in [0.15, 0.2) is 11.7 Å². The van der Waals surface area contributed by atoms with Gasteiger partial charge in [0.05, 0.1) is 12.4 Å². The van der Waals surface area contributed by atoms with E-state index in [0.717, 1.165) is 12.8 Å². The molecule has 17 heavy (non-hydrogen) atoms. The Morgan fingerprint density at radius 2 is 1.71 bits per heavy atom. The molecule has 0 amide bonds. The van der Waals surface area contributed by atoms with Crippen LogP contribution in [0.2, 0.25) is 0 Å². The summed E-state index contributed by atoms with van der Waals surface area (Å²) >= 11 is 0. The molecular weight excluding hydrogens is 250 g/mol. The van der Waals surface area contributed by atoms with E-state index >= 15 is 0 Å². The lowest BCUT2D eigenvalue weighted by molar-refractivity contribution is 0.307. The fraction of sp³-hybridized carbons (Fsp3) is 0.818. The molecule has 0 aromatic rings. The maximum absolute atomic E-state index is 12.0. The zero-order valence-electron chi connectivity index (χ0n) is 10.3. The minimum Gasteiger partial charge on any atom is -0.270 e. The van der Waals surface area contributed by atoms with Crippen LogP contribution in [0.4, 0.5) is 8.78 Å². The van der Waals surface area contributed by atoms with Crippen molar-refractivity contribution < 1.29 is 21.4 Å². The van der Waals surface area contributed by atoms with Crippen LogP contribution in [0.1, 0.15) is 46.0 Å². The predicted molar refractivity (Wildman–Crippen MR) is 63.4 cm³/mol. The number of unbranched alkanes of at least 4 members (excludes halogenated alkanes) is 3. The minimum absolute atomic E-state index is 0.0211. The van der Waals surface area contributed by atoms with Crippen molar-refractivity contribution in [1.82, 2.24) is 0 Å². The lowest BCUT2D eigenvalue weighted by atomic mass is 10.1. The third-order valence-corrected chi connectivity index (χ3v) is 3.62. The third kappa shape index (κ3) is 9.23. The van der Waals surface area contributed by atoms with Crippen LogP contribution in [0.5, 0.6) is 0 Å². The molecule has 0 fully saturated rings. The van der Waals surface area contributed by atoms with Crippen molar-refractivity contribution in [2.45, 2.75) is 46.0 Å². The van der Waals surface area contributed by atoms with Gasteiger partial charge < -0.3 is 0 Å². The van der Waals surface area contributed by atoms with Crippen molar-refractivity contribution in [2.24, 2.45) is 0 Å². The number of rotatable bonds is 9. The summed E-state index contributed by atoms with van der Waals surface area (Å²) in [4.78, 5) is 0. The van der Waals surface area contributed by atoms with Gasteiger partial charge in [-0.2, -0.15) is 17.2 Å². The second kappa shape index (κ2) is 8.58. The lowest BCUT2D eigenvalue weighted by Crippen LogP contribution is -2.09. The Morgan fingerprint density at radius 3 is 2.24 bits per heavy atom. The zero-order chi connectivity index (χ0) is 13.3. The molecule has 0 N–H and O–H groups in total. The lowest BCUT2D eigenvalue weighted by Gasteiger charge is -2.03. The molecule has 0 spiro atoms. The molecule has 0 heterocycles. The van der Waals surface area contributed by atoms with Crippen LogP contribution in [-0.2, 0) is 14.3 Å². The van der Waals surface area contributed by atoms with Gasteiger partial charge in [-0.25, -0.2) is 0 Å². The summed E-state index contributed by atoms with van der Waals surface area (Å²) in [7, 11) is -3.34. The quantitative estimate of drug-likeness (QED) is 0.476. The van der Waals surface area contributed by atoms with E-state index in [1.807, 2.05) is 0 Å². The smallest absolute Gasteiger partial charge is 0.269 e. The Labute approximate surface area is 102 Å². The summed E-state index contributed by atoms with van der Waals surface area (Å²) in [6, 6.07) is 0. The van der Waals surface area contributed by atoms with Gasteiger partial charge in [0.25, 0.3) is 16.2 Å². The van der Waals surface area contributed by atoms with Crippen LogP contribution in [0.3, 0.4) is 0 Å². The number of hydrogen-bond acceptors (Lipinski definition) is 3. The van der Waals surface area contributed by atoms with E-state index in [2.05, 4.69) is 4.18 Å². The number of halogens is 2. The molecule has 0 unspecified atom stereocenters. The molecule has 0 bridgehead atoms. The zero-order valence-corrected chi connectivity index (χ0v) is 11.2. The Hall–Kier alpha value is -0.490. The fourth-order valence-corrected chi connectivity index (χ4v) is 1.75. The highest BCUT2D eigenvalue weighted by Gasteiger charge is 2.06. The van der Waals surface area contributed by atoms with E-state index in [1.165, 1.54) is 13.8 Å². The normalized spacial score (nSPS) is 11.5. The molecule has 0 aromatic carbocycles. The van der Waals surface area contributed by atoms with E-state index in [0.29, 0.717) is 19.3 Å². The maximum Gasteiger partial charge on any atom is 0.269 e. The van der Waals surface area contributed by atoms with Crippen LogP contribution in [-0.4, -0.2) is 20.8 Å². The summed E-state index contributed by atoms with van der Waals surface area (Å²) in [6.07, 6.45) is 1.74. The maximum atomic E-state index is 12.0. The van der Waals surface area contributed by atoms with E-state index in [4.69, 9.17) is 0 Å². The Kier molecular flexibility index (Phi) is 8.33. The van der Waals surface area contributed by atoms with E-state index in [1.54, 1.807) is 0 Å². The van der Waals surface area contributed by atoms with Crippen molar-refractivity contribution in [2.75, 3.05) is 12.4 Å². The first-order valence-corrected chi connectivity index (χ1v) is 7.34. The molecule has 0 aliphatic heterocycles. The van der Waals surface area contributed by atoms with E-state index in [-0.39, 0.29) is 17.9 Å². The van der Waals surface area contributed by atoms with Gasteiger partial charge in [0, 0.05) is 0 Å². The average Bonchev–Trinajstić information content (AvgIpc) is 2.27. The molecular formula is C11H20F2O3S. The molecule has 0 aliphatic carbocycles. The molecule has 0 saturated heterocycles. The van der Waals surface area contributed by atoms with Gasteiger partial charge in [-0.15, -0.1) is 0 Å². The molecule has 0 radical (unpaired) electrons. The SMILES string of the molecule is CCS(=O)(=O)OCCCCCCC(C)=C(F)F. The van der Waals surface area contributed by atoms with Gasteiger partial charge in [0.2, 0.25) is 0 Å². The molecule has 0 aromatic heterocycles. The molecule has 0 atom stereocenters. The first kappa shape index (κ1) is 16.5. The Morgan fingerprint density at radius 1 is 1.12 bits per heavy atom. The third-order valence-electron chi connectivity index (χ3n) is 2.39. The largest absolute Gasteiger partial charge is 0.270 e. The first-order chi connectivity index (χ1) is 7.89. The van der Waals surface area contributed by atoms with Crippen LogP contribution in [0.25, 0.3) is 0 Å². The predicted octanol–water partition coefficient (Wildman–Crippen LogP) is 3.47. The second-order valence-electron chi connectivity index (χ2n) is 3.87.